The van der Waals surface area contributed by atoms with Crippen LogP contribution in [0.4, 0.5) is 0 Å². The topological polar surface area (TPSA) is 161 Å². The van der Waals surface area contributed by atoms with Crippen molar-refractivity contribution in [1.82, 2.24) is 0 Å². The highest BCUT2D eigenvalue weighted by atomic mass is 31.2. The highest BCUT2D eigenvalue weighted by molar-refractivity contribution is 7.45. The third-order valence-electron chi connectivity index (χ3n) is 3.03. The average molecular weight is 452 g/mol. The van der Waals surface area contributed by atoms with Crippen molar-refractivity contribution in [1.29, 1.82) is 0 Å². The fraction of sp³-hybridized carbons (Fsp3) is 0.867. The Balaban J connectivity index is 0. The van der Waals surface area contributed by atoms with Crippen LogP contribution in [0.1, 0.15) is 78.1 Å². The predicted molar refractivity (Wildman–Crippen MR) is 95.6 cm³/mol. The second kappa shape index (κ2) is 25.4. The summed E-state index contributed by atoms with van der Waals surface area (Å²) in [6.07, 6.45) is 15.2. The molecule has 0 amide bonds. The van der Waals surface area contributed by atoms with E-state index >= 15 is 0 Å². The lowest BCUT2D eigenvalue weighted by molar-refractivity contribution is -0.829. The molecule has 0 aromatic rings. The van der Waals surface area contributed by atoms with Gasteiger partial charge in [0.05, 0.1) is 6.61 Å². The standard InChI is InChI=1S/C15H30O9.H3O4P/c1-3-5-6-7-8-9-10-11-12-13-15-17-19-21-23-24-22-20-18-16-14-4-2;1-5(2,3)4/h4,14H,3,5-13,15H2,1-2H3;(H3,1,2,3,4). The molecule has 0 fully saturated rings. The molecular formula is C15H33O13P. The van der Waals surface area contributed by atoms with Crippen LogP contribution in [0.5, 0.6) is 0 Å². The maximum absolute atomic E-state index is 8.88. The molecule has 0 atom stereocenters. The number of hydrogen-bond donors (Lipinski definition) is 3. The summed E-state index contributed by atoms with van der Waals surface area (Å²) in [6.45, 7) is 4.33. The molecule has 0 aliphatic heterocycles. The van der Waals surface area contributed by atoms with Crippen molar-refractivity contribution in [2.45, 2.75) is 78.1 Å². The van der Waals surface area contributed by atoms with Gasteiger partial charge in [-0.25, -0.2) is 9.45 Å². The van der Waals surface area contributed by atoms with Crippen molar-refractivity contribution in [3.8, 4) is 0 Å². The minimum absolute atomic E-state index is 0.386. The van der Waals surface area contributed by atoms with Crippen molar-refractivity contribution in [2.24, 2.45) is 0 Å². The van der Waals surface area contributed by atoms with Gasteiger partial charge in [-0.3, -0.25) is 0 Å². The second-order valence-electron chi connectivity index (χ2n) is 5.56. The molecular weight excluding hydrogens is 419 g/mol. The van der Waals surface area contributed by atoms with Crippen LogP contribution in [0.3, 0.4) is 0 Å². The lowest BCUT2D eigenvalue weighted by Crippen LogP contribution is -2.02. The van der Waals surface area contributed by atoms with Gasteiger partial charge < -0.3 is 19.6 Å². The van der Waals surface area contributed by atoms with Gasteiger partial charge in [0.25, 0.3) is 0 Å². The molecule has 0 aliphatic rings. The summed E-state index contributed by atoms with van der Waals surface area (Å²) in [5.74, 6) is 0. The van der Waals surface area contributed by atoms with Crippen LogP contribution in [-0.2, 0) is 49.6 Å². The van der Waals surface area contributed by atoms with Gasteiger partial charge >= 0.3 is 7.82 Å². The molecule has 0 radical (unpaired) electrons. The Bertz CT molecular complexity index is 369. The Morgan fingerprint density at radius 3 is 1.59 bits per heavy atom. The Morgan fingerprint density at radius 1 is 0.690 bits per heavy atom. The predicted octanol–water partition coefficient (Wildman–Crippen LogP) is 3.98. The van der Waals surface area contributed by atoms with E-state index in [9.17, 15) is 0 Å². The van der Waals surface area contributed by atoms with Crippen molar-refractivity contribution in [3.63, 3.8) is 0 Å². The molecule has 0 aromatic carbocycles. The third-order valence-corrected chi connectivity index (χ3v) is 3.03. The van der Waals surface area contributed by atoms with Gasteiger partial charge in [-0.05, 0) is 34.5 Å². The van der Waals surface area contributed by atoms with Gasteiger partial charge in [0.15, 0.2) is 0 Å². The second-order valence-corrected chi connectivity index (χ2v) is 6.59. The number of phosphoric acid groups is 1. The first-order valence-electron chi connectivity index (χ1n) is 9.26. The van der Waals surface area contributed by atoms with Gasteiger partial charge in [-0.15, -0.1) is 0 Å². The molecule has 0 aromatic heterocycles. The molecule has 0 heterocycles. The van der Waals surface area contributed by atoms with E-state index < -0.39 is 7.82 Å². The summed E-state index contributed by atoms with van der Waals surface area (Å²) in [6, 6.07) is 0. The Hall–Kier alpha value is -0.670. The first-order valence-corrected chi connectivity index (χ1v) is 10.8. The molecule has 13 nitrogen and oxygen atoms in total. The van der Waals surface area contributed by atoms with Crippen LogP contribution in [0, 0.1) is 0 Å². The molecule has 0 bridgehead atoms. The Morgan fingerprint density at radius 2 is 1.10 bits per heavy atom. The first kappa shape index (κ1) is 30.5. The molecule has 176 valence electrons. The van der Waals surface area contributed by atoms with Crippen molar-refractivity contribution < 1.29 is 64.3 Å². The Labute approximate surface area is 170 Å². The maximum atomic E-state index is 8.88. The normalized spacial score (nSPS) is 11.5. The van der Waals surface area contributed by atoms with Gasteiger partial charge in [-0.2, -0.15) is 0 Å². The van der Waals surface area contributed by atoms with Gasteiger partial charge in [0.2, 0.25) is 0 Å². The first-order chi connectivity index (χ1) is 13.9. The van der Waals surface area contributed by atoms with Crippen LogP contribution >= 0.6 is 7.82 Å². The molecule has 14 heteroatoms. The van der Waals surface area contributed by atoms with Crippen LogP contribution in [0.25, 0.3) is 0 Å². The zero-order valence-electron chi connectivity index (χ0n) is 16.8. The van der Waals surface area contributed by atoms with E-state index in [1.54, 1.807) is 13.0 Å². The van der Waals surface area contributed by atoms with E-state index in [-0.39, 0.29) is 0 Å². The minimum atomic E-state index is -4.64. The lowest BCUT2D eigenvalue weighted by atomic mass is 10.1. The summed E-state index contributed by atoms with van der Waals surface area (Å²) in [7, 11) is -4.64. The molecule has 0 spiro atoms. The summed E-state index contributed by atoms with van der Waals surface area (Å²) < 4.78 is 8.88. The van der Waals surface area contributed by atoms with Gasteiger partial charge in [0, 0.05) is 20.2 Å². The van der Waals surface area contributed by atoms with E-state index in [2.05, 4.69) is 52.0 Å². The molecule has 0 rings (SSSR count). The number of unbranched alkanes of at least 4 members (excludes halogenated alkanes) is 9. The maximum Gasteiger partial charge on any atom is 0.466 e. The van der Waals surface area contributed by atoms with E-state index in [0.717, 1.165) is 12.8 Å². The SMILES string of the molecule is CC=COOOOOOOOOCCCCCCCCCCCC.O=P(O)(O)O. The van der Waals surface area contributed by atoms with E-state index in [4.69, 9.17) is 19.2 Å². The zero-order valence-corrected chi connectivity index (χ0v) is 17.7. The zero-order chi connectivity index (χ0) is 22.1. The van der Waals surface area contributed by atoms with Gasteiger partial charge in [-0.1, -0.05) is 64.7 Å². The van der Waals surface area contributed by atoms with Crippen LogP contribution in [-0.4, -0.2) is 21.3 Å². The van der Waals surface area contributed by atoms with Crippen molar-refractivity contribution in [3.05, 3.63) is 12.3 Å². The summed E-state index contributed by atoms with van der Waals surface area (Å²) in [5.41, 5.74) is 0. The molecule has 0 aliphatic carbocycles. The van der Waals surface area contributed by atoms with Crippen molar-refractivity contribution >= 4 is 7.82 Å². The quantitative estimate of drug-likeness (QED) is 0.0800. The van der Waals surface area contributed by atoms with E-state index in [1.165, 1.54) is 57.6 Å². The molecule has 3 N–H and O–H groups in total. The molecule has 29 heavy (non-hydrogen) atoms. The van der Waals surface area contributed by atoms with Crippen LogP contribution < -0.4 is 0 Å². The van der Waals surface area contributed by atoms with E-state index in [1.807, 2.05) is 0 Å². The average Bonchev–Trinajstić information content (AvgIpc) is 2.65. The van der Waals surface area contributed by atoms with E-state index in [0.29, 0.717) is 6.61 Å². The number of allylic oxidation sites excluding steroid dienone is 1. The molecule has 0 saturated heterocycles. The summed E-state index contributed by atoms with van der Waals surface area (Å²) in [4.78, 5) is 30.5. The Kier molecular flexibility index (Phi) is 26.7. The molecule has 0 saturated carbocycles. The summed E-state index contributed by atoms with van der Waals surface area (Å²) >= 11 is 0. The fourth-order valence-electron chi connectivity index (χ4n) is 1.85. The van der Waals surface area contributed by atoms with Crippen LogP contribution in [0.2, 0.25) is 0 Å². The smallest absolute Gasteiger partial charge is 0.314 e. The minimum Gasteiger partial charge on any atom is -0.314 e. The van der Waals surface area contributed by atoms with Crippen molar-refractivity contribution in [2.75, 3.05) is 6.61 Å². The monoisotopic (exact) mass is 452 g/mol. The van der Waals surface area contributed by atoms with Gasteiger partial charge in [0.1, 0.15) is 6.26 Å². The largest absolute Gasteiger partial charge is 0.466 e. The summed E-state index contributed by atoms with van der Waals surface area (Å²) in [5, 5.41) is 27.6. The fourth-order valence-corrected chi connectivity index (χ4v) is 1.85. The number of hydrogen-bond acceptors (Lipinski definition) is 10. The lowest BCUT2D eigenvalue weighted by Gasteiger charge is -2.02. The highest BCUT2D eigenvalue weighted by Crippen LogP contribution is 2.25. The number of rotatable bonds is 20. The van der Waals surface area contributed by atoms with Crippen LogP contribution in [0.15, 0.2) is 12.3 Å². The highest BCUT2D eigenvalue weighted by Gasteiger charge is 2.00. The third kappa shape index (κ3) is 42.4. The molecule has 0 unspecified atom stereocenters.